The van der Waals surface area contributed by atoms with E-state index in [1.54, 1.807) is 12.1 Å². The van der Waals surface area contributed by atoms with Crippen LogP contribution in [0.3, 0.4) is 0 Å². The van der Waals surface area contributed by atoms with E-state index in [1.807, 2.05) is 12.1 Å². The van der Waals surface area contributed by atoms with E-state index in [2.05, 4.69) is 22.6 Å². The van der Waals surface area contributed by atoms with Crippen molar-refractivity contribution in [3.05, 3.63) is 27.8 Å². The van der Waals surface area contributed by atoms with Crippen LogP contribution in [-0.2, 0) is 10.4 Å². The van der Waals surface area contributed by atoms with E-state index >= 15 is 0 Å². The summed E-state index contributed by atoms with van der Waals surface area (Å²) in [5.41, 5.74) is 0. The first kappa shape index (κ1) is 12.6. The van der Waals surface area contributed by atoms with E-state index < -0.39 is 10.4 Å². The Morgan fingerprint density at radius 2 is 1.54 bits per heavy atom. The largest absolute Gasteiger partial charge is 0.507 e. The van der Waals surface area contributed by atoms with Crippen LogP contribution in [0.1, 0.15) is 0 Å². The lowest BCUT2D eigenvalue weighted by atomic mass is 10.3. The second-order valence-corrected chi connectivity index (χ2v) is 3.96. The normalized spacial score (nSPS) is 10.1. The van der Waals surface area contributed by atoms with Gasteiger partial charge in [-0.3, -0.25) is 9.11 Å². The molecule has 0 aliphatic heterocycles. The Bertz CT molecular complexity index is 332. The Balaban J connectivity index is 0.000000252. The highest BCUT2D eigenvalue weighted by molar-refractivity contribution is 14.1. The fourth-order valence-corrected chi connectivity index (χ4v) is 0.839. The molecule has 0 bridgehead atoms. The van der Waals surface area contributed by atoms with E-state index in [-0.39, 0.29) is 0 Å². The van der Waals surface area contributed by atoms with E-state index in [0.29, 0.717) is 5.75 Å². The Labute approximate surface area is 89.1 Å². The zero-order valence-corrected chi connectivity index (χ0v) is 9.23. The minimum Gasteiger partial charge on any atom is -0.507 e. The molecule has 0 heterocycles. The molecular weight excluding hydrogens is 311 g/mol. The molecule has 1 rings (SSSR count). The Morgan fingerprint density at radius 3 is 1.77 bits per heavy atom. The molecule has 0 saturated carbocycles. The summed E-state index contributed by atoms with van der Waals surface area (Å²) >= 11 is 2.07. The van der Waals surface area contributed by atoms with Crippen molar-refractivity contribution in [1.82, 2.24) is 0 Å². The van der Waals surface area contributed by atoms with Gasteiger partial charge in [-0.25, -0.2) is 0 Å². The molecule has 7 heteroatoms. The summed E-state index contributed by atoms with van der Waals surface area (Å²) in [4.78, 5) is 0. The van der Waals surface area contributed by atoms with Gasteiger partial charge in [0.25, 0.3) is 0 Å². The summed E-state index contributed by atoms with van der Waals surface area (Å²) in [7, 11) is -4.67. The van der Waals surface area contributed by atoms with Gasteiger partial charge in [-0.05, 0) is 34.7 Å². The fraction of sp³-hybridized carbons (Fsp3) is 0. The summed E-state index contributed by atoms with van der Waals surface area (Å²) in [6, 6.07) is 7.22. The highest BCUT2D eigenvalue weighted by Gasteiger charge is 1.89. The fourth-order valence-electron chi connectivity index (χ4n) is 0.452. The predicted molar refractivity (Wildman–Crippen MR) is 55.0 cm³/mol. The lowest BCUT2D eigenvalue weighted by Crippen LogP contribution is -1.89. The highest BCUT2D eigenvalue weighted by Crippen LogP contribution is 2.16. The molecule has 1 aromatic carbocycles. The van der Waals surface area contributed by atoms with Gasteiger partial charge in [-0.2, -0.15) is 8.42 Å². The lowest BCUT2D eigenvalue weighted by Gasteiger charge is -1.90. The maximum atomic E-state index is 8.91. The van der Waals surface area contributed by atoms with Crippen molar-refractivity contribution >= 4 is 33.0 Å². The van der Waals surface area contributed by atoms with E-state index in [9.17, 15) is 0 Å². The quantitative estimate of drug-likeness (QED) is 0.496. The van der Waals surface area contributed by atoms with E-state index in [0.717, 1.165) is 3.57 Å². The maximum absolute atomic E-state index is 8.91. The SMILES string of the molecule is O=S(=O)(O)O.Oc1ccccc1I. The first-order chi connectivity index (χ1) is 5.80. The molecule has 0 saturated heterocycles. The Morgan fingerprint density at radius 1 is 1.15 bits per heavy atom. The third-order valence-corrected chi connectivity index (χ3v) is 1.76. The molecule has 13 heavy (non-hydrogen) atoms. The van der Waals surface area contributed by atoms with Crippen LogP contribution in [0, 0.1) is 3.57 Å². The standard InChI is InChI=1S/C6H5IO.H2O4S/c7-5-3-1-2-4-6(5)8;1-5(2,3)4/h1-4,8H;(H2,1,2,3,4). The second-order valence-electron chi connectivity index (χ2n) is 1.90. The first-order valence-electron chi connectivity index (χ1n) is 2.94. The summed E-state index contributed by atoms with van der Waals surface area (Å²) in [5, 5.41) is 8.91. The van der Waals surface area contributed by atoms with Gasteiger partial charge in [0.1, 0.15) is 5.75 Å². The number of aromatic hydroxyl groups is 1. The number of phenolic OH excluding ortho intramolecular Hbond substituents is 1. The van der Waals surface area contributed by atoms with E-state index in [1.165, 1.54) is 0 Å². The average Bonchev–Trinajstić information content (AvgIpc) is 1.92. The van der Waals surface area contributed by atoms with Crippen LogP contribution in [0.5, 0.6) is 5.75 Å². The van der Waals surface area contributed by atoms with Crippen LogP contribution in [-0.4, -0.2) is 22.6 Å². The molecule has 3 N–H and O–H groups in total. The van der Waals surface area contributed by atoms with Crippen LogP contribution in [0.25, 0.3) is 0 Å². The minimum absolute atomic E-state index is 0.355. The number of phenols is 1. The van der Waals surface area contributed by atoms with Crippen LogP contribution in [0.15, 0.2) is 24.3 Å². The van der Waals surface area contributed by atoms with Gasteiger partial charge < -0.3 is 5.11 Å². The monoisotopic (exact) mass is 318 g/mol. The lowest BCUT2D eigenvalue weighted by molar-refractivity contribution is 0.381. The maximum Gasteiger partial charge on any atom is 0.394 e. The molecule has 0 aliphatic carbocycles. The molecule has 0 unspecified atom stereocenters. The Hall–Kier alpha value is -0.380. The van der Waals surface area contributed by atoms with Crippen molar-refractivity contribution in [2.24, 2.45) is 0 Å². The highest BCUT2D eigenvalue weighted by atomic mass is 127. The van der Waals surface area contributed by atoms with Gasteiger partial charge >= 0.3 is 10.4 Å². The number of para-hydroxylation sites is 1. The molecule has 5 nitrogen and oxygen atoms in total. The number of rotatable bonds is 0. The molecule has 0 fully saturated rings. The first-order valence-corrected chi connectivity index (χ1v) is 5.41. The number of halogens is 1. The molecule has 1 aromatic rings. The summed E-state index contributed by atoms with van der Waals surface area (Å²) in [6.45, 7) is 0. The molecule has 0 aliphatic rings. The average molecular weight is 318 g/mol. The Kier molecular flexibility index (Phi) is 5.21. The van der Waals surface area contributed by atoms with Crippen molar-refractivity contribution < 1.29 is 22.6 Å². The van der Waals surface area contributed by atoms with Gasteiger partial charge in [0, 0.05) is 0 Å². The van der Waals surface area contributed by atoms with Crippen molar-refractivity contribution in [3.63, 3.8) is 0 Å². The summed E-state index contributed by atoms with van der Waals surface area (Å²) in [5.74, 6) is 0.355. The number of benzene rings is 1. The van der Waals surface area contributed by atoms with Crippen LogP contribution in [0.4, 0.5) is 0 Å². The van der Waals surface area contributed by atoms with Gasteiger partial charge in [-0.1, -0.05) is 12.1 Å². The topological polar surface area (TPSA) is 94.8 Å². The van der Waals surface area contributed by atoms with Crippen LogP contribution >= 0.6 is 22.6 Å². The van der Waals surface area contributed by atoms with E-state index in [4.69, 9.17) is 22.6 Å². The van der Waals surface area contributed by atoms with Crippen LogP contribution in [0.2, 0.25) is 0 Å². The molecule has 0 aromatic heterocycles. The van der Waals surface area contributed by atoms with Crippen molar-refractivity contribution in [1.29, 1.82) is 0 Å². The van der Waals surface area contributed by atoms with Gasteiger partial charge in [0.2, 0.25) is 0 Å². The second kappa shape index (κ2) is 5.37. The van der Waals surface area contributed by atoms with Crippen molar-refractivity contribution in [2.75, 3.05) is 0 Å². The minimum atomic E-state index is -4.67. The predicted octanol–water partition coefficient (Wildman–Crippen LogP) is 1.34. The smallest absolute Gasteiger partial charge is 0.394 e. The zero-order chi connectivity index (χ0) is 10.5. The van der Waals surface area contributed by atoms with Gasteiger partial charge in [-0.15, -0.1) is 0 Å². The van der Waals surface area contributed by atoms with Gasteiger partial charge in [0.15, 0.2) is 0 Å². The molecule has 0 radical (unpaired) electrons. The molecule has 74 valence electrons. The number of hydrogen-bond donors (Lipinski definition) is 3. The summed E-state index contributed by atoms with van der Waals surface area (Å²) in [6.07, 6.45) is 0. The molecule has 0 spiro atoms. The molecule has 0 amide bonds. The third-order valence-electron chi connectivity index (χ3n) is 0.852. The van der Waals surface area contributed by atoms with Crippen LogP contribution < -0.4 is 0 Å². The van der Waals surface area contributed by atoms with Gasteiger partial charge in [0.05, 0.1) is 3.57 Å². The zero-order valence-electron chi connectivity index (χ0n) is 6.25. The molecule has 0 atom stereocenters. The number of hydrogen-bond acceptors (Lipinski definition) is 3. The molecular formula is C6H7IO5S. The van der Waals surface area contributed by atoms with Crippen molar-refractivity contribution in [3.8, 4) is 5.75 Å². The van der Waals surface area contributed by atoms with Crippen molar-refractivity contribution in [2.45, 2.75) is 0 Å². The third kappa shape index (κ3) is 9.53. The summed E-state index contributed by atoms with van der Waals surface area (Å²) < 4.78 is 32.5.